The Morgan fingerprint density at radius 1 is 1.21 bits per heavy atom. The summed E-state index contributed by atoms with van der Waals surface area (Å²) < 4.78 is 0. The Morgan fingerprint density at radius 3 is 2.68 bits per heavy atom. The van der Waals surface area contributed by atoms with Gasteiger partial charge in [-0.3, -0.25) is 4.79 Å². The van der Waals surface area contributed by atoms with E-state index < -0.39 is 0 Å². The molecule has 3 atom stereocenters. The van der Waals surface area contributed by atoms with Crippen molar-refractivity contribution in [1.82, 2.24) is 4.90 Å². The van der Waals surface area contributed by atoms with Crippen molar-refractivity contribution in [2.45, 2.75) is 51.9 Å². The molecule has 19 heavy (non-hydrogen) atoms. The molecule has 0 aromatic carbocycles. The molecule has 0 radical (unpaired) electrons. The number of amides is 1. The molecule has 0 spiro atoms. The number of hydrogen-bond acceptors (Lipinski definition) is 1. The van der Waals surface area contributed by atoms with Gasteiger partial charge in [0.1, 0.15) is 0 Å². The van der Waals surface area contributed by atoms with E-state index in [1.807, 2.05) is 6.92 Å². The maximum atomic E-state index is 12.0. The van der Waals surface area contributed by atoms with Gasteiger partial charge in [0, 0.05) is 19.5 Å². The highest BCUT2D eigenvalue weighted by atomic mass is 16.2. The van der Waals surface area contributed by atoms with Gasteiger partial charge < -0.3 is 4.90 Å². The second-order valence-corrected chi connectivity index (χ2v) is 6.80. The first kappa shape index (κ1) is 13.2. The summed E-state index contributed by atoms with van der Waals surface area (Å²) in [6.45, 7) is 4.09. The minimum absolute atomic E-state index is 0.376. The average molecular weight is 261 g/mol. The lowest BCUT2D eigenvalue weighted by atomic mass is 9.89. The first-order valence-electron chi connectivity index (χ1n) is 8.20. The van der Waals surface area contributed by atoms with Crippen LogP contribution in [0.15, 0.2) is 12.2 Å². The molecule has 0 N–H and O–H groups in total. The van der Waals surface area contributed by atoms with Crippen LogP contribution in [0.3, 0.4) is 0 Å². The highest BCUT2D eigenvalue weighted by Crippen LogP contribution is 2.49. The van der Waals surface area contributed by atoms with Crippen molar-refractivity contribution in [2.75, 3.05) is 13.1 Å². The van der Waals surface area contributed by atoms with Crippen molar-refractivity contribution >= 4 is 5.91 Å². The molecule has 0 aliphatic heterocycles. The van der Waals surface area contributed by atoms with E-state index in [-0.39, 0.29) is 0 Å². The Labute approximate surface area is 117 Å². The minimum atomic E-state index is 0.376. The number of carbonyl (C=O) groups is 1. The molecule has 2 fully saturated rings. The van der Waals surface area contributed by atoms with Crippen LogP contribution in [0.5, 0.6) is 0 Å². The molecular weight excluding hydrogens is 234 g/mol. The summed E-state index contributed by atoms with van der Waals surface area (Å²) in [6.07, 6.45) is 13.4. The number of nitrogens with zero attached hydrogens (tertiary/aromatic N) is 1. The van der Waals surface area contributed by atoms with Crippen molar-refractivity contribution in [3.05, 3.63) is 12.2 Å². The summed E-state index contributed by atoms with van der Waals surface area (Å²) in [7, 11) is 0. The number of carbonyl (C=O) groups excluding carboxylic acids is 1. The van der Waals surface area contributed by atoms with Crippen molar-refractivity contribution in [2.24, 2.45) is 23.7 Å². The van der Waals surface area contributed by atoms with Gasteiger partial charge in [0.15, 0.2) is 0 Å². The molecule has 0 heterocycles. The van der Waals surface area contributed by atoms with Crippen LogP contribution < -0.4 is 0 Å². The number of rotatable bonds is 6. The molecule has 0 bridgehead atoms. The molecule has 0 saturated heterocycles. The van der Waals surface area contributed by atoms with E-state index in [4.69, 9.17) is 0 Å². The lowest BCUT2D eigenvalue weighted by Gasteiger charge is -2.24. The fraction of sp³-hybridized carbons (Fsp3) is 0.824. The van der Waals surface area contributed by atoms with Crippen LogP contribution in [-0.4, -0.2) is 23.9 Å². The Bertz CT molecular complexity index is 358. The molecule has 2 heteroatoms. The Morgan fingerprint density at radius 2 is 2.05 bits per heavy atom. The normalized spacial score (nSPS) is 33.2. The third-order valence-corrected chi connectivity index (χ3v) is 5.18. The number of hydrogen-bond donors (Lipinski definition) is 0. The van der Waals surface area contributed by atoms with E-state index in [1.165, 1.54) is 38.5 Å². The fourth-order valence-corrected chi connectivity index (χ4v) is 3.66. The Kier molecular flexibility index (Phi) is 3.95. The number of allylic oxidation sites excluding steroid dienone is 2. The van der Waals surface area contributed by atoms with Gasteiger partial charge in [0.05, 0.1) is 0 Å². The topological polar surface area (TPSA) is 20.3 Å². The van der Waals surface area contributed by atoms with Crippen molar-refractivity contribution in [3.63, 3.8) is 0 Å². The largest absolute Gasteiger partial charge is 0.342 e. The van der Waals surface area contributed by atoms with Crippen LogP contribution in [0.25, 0.3) is 0 Å². The molecule has 106 valence electrons. The zero-order valence-electron chi connectivity index (χ0n) is 12.2. The molecule has 1 unspecified atom stereocenters. The molecule has 0 aromatic rings. The van der Waals surface area contributed by atoms with Crippen molar-refractivity contribution in [3.8, 4) is 0 Å². The Balaban J connectivity index is 1.49. The summed E-state index contributed by atoms with van der Waals surface area (Å²) >= 11 is 0. The molecule has 3 aliphatic carbocycles. The fourth-order valence-electron chi connectivity index (χ4n) is 3.66. The van der Waals surface area contributed by atoms with Gasteiger partial charge >= 0.3 is 0 Å². The van der Waals surface area contributed by atoms with E-state index in [2.05, 4.69) is 17.1 Å². The molecular formula is C17H27NO. The molecule has 3 aliphatic rings. The lowest BCUT2D eigenvalue weighted by molar-refractivity contribution is -0.131. The maximum absolute atomic E-state index is 12.0. The SMILES string of the molecule is CCC(=O)N(CC1CC1)C[C@H]1C[C@H]1C1CC=CCC1. The van der Waals surface area contributed by atoms with E-state index in [0.29, 0.717) is 12.3 Å². The van der Waals surface area contributed by atoms with Crippen LogP contribution in [0.1, 0.15) is 51.9 Å². The first-order chi connectivity index (χ1) is 9.28. The molecule has 3 rings (SSSR count). The maximum Gasteiger partial charge on any atom is 0.222 e. The molecule has 1 amide bonds. The molecule has 0 aromatic heterocycles. The van der Waals surface area contributed by atoms with Crippen molar-refractivity contribution < 1.29 is 4.79 Å². The standard InChI is InChI=1S/C17H27NO/c1-2-17(19)18(11-13-8-9-13)12-15-10-16(15)14-6-4-3-5-7-14/h3-4,13-16H,2,5-12H2,1H3/t14?,15-,16+/m1/s1. The molecule has 2 saturated carbocycles. The predicted octanol–water partition coefficient (Wildman–Crippen LogP) is 3.63. The van der Waals surface area contributed by atoms with Gasteiger partial charge in [-0.25, -0.2) is 0 Å². The van der Waals surface area contributed by atoms with Gasteiger partial charge in [-0.2, -0.15) is 0 Å². The third kappa shape index (κ3) is 3.40. The highest BCUT2D eigenvalue weighted by molar-refractivity contribution is 5.75. The summed E-state index contributed by atoms with van der Waals surface area (Å²) in [4.78, 5) is 14.2. The van der Waals surface area contributed by atoms with Crippen LogP contribution in [0.4, 0.5) is 0 Å². The first-order valence-corrected chi connectivity index (χ1v) is 8.20. The zero-order chi connectivity index (χ0) is 13.2. The average Bonchev–Trinajstić information content (AvgIpc) is 3.34. The van der Waals surface area contributed by atoms with E-state index in [0.717, 1.165) is 36.8 Å². The van der Waals surface area contributed by atoms with E-state index >= 15 is 0 Å². The van der Waals surface area contributed by atoms with Gasteiger partial charge in [-0.1, -0.05) is 19.1 Å². The summed E-state index contributed by atoms with van der Waals surface area (Å²) in [5, 5.41) is 0. The quantitative estimate of drug-likeness (QED) is 0.669. The van der Waals surface area contributed by atoms with Crippen LogP contribution >= 0.6 is 0 Å². The smallest absolute Gasteiger partial charge is 0.222 e. The lowest BCUT2D eigenvalue weighted by Crippen LogP contribution is -2.34. The zero-order valence-corrected chi connectivity index (χ0v) is 12.2. The van der Waals surface area contributed by atoms with E-state index in [9.17, 15) is 4.79 Å². The second kappa shape index (κ2) is 5.68. The van der Waals surface area contributed by atoms with Gasteiger partial charge in [-0.15, -0.1) is 0 Å². The molecule has 2 nitrogen and oxygen atoms in total. The Hall–Kier alpha value is -0.790. The van der Waals surface area contributed by atoms with Gasteiger partial charge in [0.25, 0.3) is 0 Å². The third-order valence-electron chi connectivity index (χ3n) is 5.18. The van der Waals surface area contributed by atoms with E-state index in [1.54, 1.807) is 0 Å². The summed E-state index contributed by atoms with van der Waals surface area (Å²) in [6, 6.07) is 0. The minimum Gasteiger partial charge on any atom is -0.342 e. The predicted molar refractivity (Wildman–Crippen MR) is 77.7 cm³/mol. The van der Waals surface area contributed by atoms with Crippen molar-refractivity contribution in [1.29, 1.82) is 0 Å². The van der Waals surface area contributed by atoms with Crippen LogP contribution in [-0.2, 0) is 4.79 Å². The highest BCUT2D eigenvalue weighted by Gasteiger charge is 2.43. The summed E-state index contributed by atoms with van der Waals surface area (Å²) in [5.74, 6) is 3.84. The second-order valence-electron chi connectivity index (χ2n) is 6.80. The van der Waals surface area contributed by atoms with Gasteiger partial charge in [-0.05, 0) is 62.2 Å². The monoisotopic (exact) mass is 261 g/mol. The van der Waals surface area contributed by atoms with Crippen LogP contribution in [0, 0.1) is 23.7 Å². The van der Waals surface area contributed by atoms with Crippen LogP contribution in [0.2, 0.25) is 0 Å². The van der Waals surface area contributed by atoms with Gasteiger partial charge in [0.2, 0.25) is 5.91 Å². The summed E-state index contributed by atoms with van der Waals surface area (Å²) in [5.41, 5.74) is 0.